The van der Waals surface area contributed by atoms with Crippen molar-refractivity contribution in [3.63, 3.8) is 0 Å². The molecule has 0 amide bonds. The van der Waals surface area contributed by atoms with E-state index in [9.17, 15) is 18.0 Å². The first-order valence-corrected chi connectivity index (χ1v) is 9.12. The fraction of sp³-hybridized carbons (Fsp3) is 0.688. The van der Waals surface area contributed by atoms with Gasteiger partial charge in [-0.1, -0.05) is 18.7 Å². The highest BCUT2D eigenvalue weighted by atomic mass is 32.2. The van der Waals surface area contributed by atoms with E-state index in [2.05, 4.69) is 9.97 Å². The molecule has 9 heteroatoms. The molecule has 0 aromatic carbocycles. The van der Waals surface area contributed by atoms with E-state index in [4.69, 9.17) is 9.47 Å². The lowest BCUT2D eigenvalue weighted by atomic mass is 9.87. The summed E-state index contributed by atoms with van der Waals surface area (Å²) in [6, 6.07) is 0. The Hall–Kier alpha value is -1.19. The third kappa shape index (κ3) is 3.29. The zero-order valence-corrected chi connectivity index (χ0v) is 14.3. The predicted molar refractivity (Wildman–Crippen MR) is 82.1 cm³/mol. The third-order valence-corrected chi connectivity index (χ3v) is 5.98. The standard InChI is InChI=1S/C16H17F3N2O3S/c1-7-2-3-9-8(4-7)13(16(17,18)19)21-15(20-9)25-12-5-10(22)14-23-6-11(12)24-14/h7,11-12,14H,2-6H2,1H3/t7-,11+,12-,14+/m0/s1. The molecule has 0 spiro atoms. The van der Waals surface area contributed by atoms with Crippen molar-refractivity contribution in [1.82, 2.24) is 9.97 Å². The molecule has 2 fully saturated rings. The number of halogens is 3. The van der Waals surface area contributed by atoms with Crippen LogP contribution < -0.4 is 0 Å². The van der Waals surface area contributed by atoms with Crippen LogP contribution in [-0.4, -0.2) is 40.0 Å². The van der Waals surface area contributed by atoms with Crippen molar-refractivity contribution < 1.29 is 27.4 Å². The van der Waals surface area contributed by atoms with Crippen molar-refractivity contribution in [2.24, 2.45) is 5.92 Å². The van der Waals surface area contributed by atoms with Crippen LogP contribution in [0, 0.1) is 5.92 Å². The molecule has 1 aromatic heterocycles. The van der Waals surface area contributed by atoms with Crippen LogP contribution in [0.25, 0.3) is 0 Å². The van der Waals surface area contributed by atoms with Gasteiger partial charge >= 0.3 is 6.18 Å². The Labute approximate surface area is 146 Å². The Morgan fingerprint density at radius 3 is 2.80 bits per heavy atom. The number of aryl methyl sites for hydroxylation is 1. The lowest BCUT2D eigenvalue weighted by Crippen LogP contribution is -2.37. The van der Waals surface area contributed by atoms with Crippen LogP contribution >= 0.6 is 11.8 Å². The third-order valence-electron chi connectivity index (χ3n) is 4.81. The molecule has 136 valence electrons. The number of carbonyl (C=O) groups excluding carboxylic acids is 1. The van der Waals surface area contributed by atoms with Crippen molar-refractivity contribution in [3.8, 4) is 0 Å². The summed E-state index contributed by atoms with van der Waals surface area (Å²) in [6.07, 6.45) is -3.78. The number of rotatable bonds is 2. The number of aromatic nitrogens is 2. The quantitative estimate of drug-likeness (QED) is 0.742. The lowest BCUT2D eigenvalue weighted by Gasteiger charge is -2.27. The molecule has 4 atom stereocenters. The zero-order chi connectivity index (χ0) is 17.8. The predicted octanol–water partition coefficient (Wildman–Crippen LogP) is 2.80. The molecule has 3 aliphatic rings. The Bertz CT molecular complexity index is 713. The van der Waals surface area contributed by atoms with Crippen LogP contribution in [0.5, 0.6) is 0 Å². The van der Waals surface area contributed by atoms with Crippen molar-refractivity contribution in [2.45, 2.75) is 61.6 Å². The van der Waals surface area contributed by atoms with Gasteiger partial charge in [0.05, 0.1) is 12.7 Å². The van der Waals surface area contributed by atoms with Gasteiger partial charge in [0, 0.05) is 22.9 Å². The molecule has 3 heterocycles. The van der Waals surface area contributed by atoms with Gasteiger partial charge in [-0.2, -0.15) is 13.2 Å². The normalized spacial score (nSPS) is 31.9. The first-order chi connectivity index (χ1) is 11.8. The van der Waals surface area contributed by atoms with Gasteiger partial charge in [0.1, 0.15) is 0 Å². The molecule has 1 aromatic rings. The average Bonchev–Trinajstić information content (AvgIpc) is 2.97. The maximum Gasteiger partial charge on any atom is 0.433 e. The highest BCUT2D eigenvalue weighted by Crippen LogP contribution is 2.40. The summed E-state index contributed by atoms with van der Waals surface area (Å²) in [7, 11) is 0. The molecule has 2 aliphatic heterocycles. The molecule has 1 aliphatic carbocycles. The van der Waals surface area contributed by atoms with Crippen LogP contribution in [0.4, 0.5) is 13.2 Å². The average molecular weight is 374 g/mol. The van der Waals surface area contributed by atoms with E-state index in [1.54, 1.807) is 0 Å². The van der Waals surface area contributed by atoms with Gasteiger partial charge in [0.2, 0.25) is 6.29 Å². The van der Waals surface area contributed by atoms with Crippen molar-refractivity contribution in [2.75, 3.05) is 6.61 Å². The molecule has 25 heavy (non-hydrogen) atoms. The van der Waals surface area contributed by atoms with Gasteiger partial charge in [-0.25, -0.2) is 9.97 Å². The van der Waals surface area contributed by atoms with Gasteiger partial charge < -0.3 is 9.47 Å². The van der Waals surface area contributed by atoms with Crippen LogP contribution in [0.3, 0.4) is 0 Å². The Morgan fingerprint density at radius 1 is 1.24 bits per heavy atom. The number of hydrogen-bond acceptors (Lipinski definition) is 6. The smallest absolute Gasteiger partial charge is 0.343 e. The van der Waals surface area contributed by atoms with Crippen molar-refractivity contribution in [1.29, 1.82) is 0 Å². The summed E-state index contributed by atoms with van der Waals surface area (Å²) in [5, 5.41) is -0.264. The van der Waals surface area contributed by atoms with E-state index < -0.39 is 18.2 Å². The number of thioether (sulfide) groups is 1. The summed E-state index contributed by atoms with van der Waals surface area (Å²) in [5.41, 5.74) is -0.141. The number of carbonyl (C=O) groups is 1. The number of hydrogen-bond donors (Lipinski definition) is 0. The second-order valence-corrected chi connectivity index (χ2v) is 8.00. The van der Waals surface area contributed by atoms with E-state index in [1.807, 2.05) is 6.92 Å². The minimum absolute atomic E-state index is 0.0624. The van der Waals surface area contributed by atoms with E-state index in [1.165, 1.54) is 0 Å². The second kappa shape index (κ2) is 6.21. The molecule has 2 bridgehead atoms. The summed E-state index contributed by atoms with van der Waals surface area (Å²) < 4.78 is 51.1. The lowest BCUT2D eigenvalue weighted by molar-refractivity contribution is -0.151. The fourth-order valence-corrected chi connectivity index (χ4v) is 4.63. The molecule has 0 radical (unpaired) electrons. The SMILES string of the molecule is C[C@H]1CCc2nc(S[C@H]3CC(=O)[C@@H]4OC[C@H]3O4)nc(C(F)(F)F)c2C1. The minimum atomic E-state index is -4.51. The van der Waals surface area contributed by atoms with Crippen molar-refractivity contribution in [3.05, 3.63) is 17.0 Å². The molecule has 0 saturated carbocycles. The maximum absolute atomic E-state index is 13.5. The number of Topliss-reactive ketones (excluding diaryl/α,β-unsaturated/α-hetero) is 1. The summed E-state index contributed by atoms with van der Waals surface area (Å²) >= 11 is 1.08. The minimum Gasteiger partial charge on any atom is -0.343 e. The number of nitrogens with zero attached hydrogens (tertiary/aromatic N) is 2. The largest absolute Gasteiger partial charge is 0.433 e. The van der Waals surface area contributed by atoms with Crippen LogP contribution in [-0.2, 0) is 33.3 Å². The number of fused-ring (bicyclic) bond motifs is 3. The summed E-state index contributed by atoms with van der Waals surface area (Å²) in [4.78, 5) is 20.0. The molecule has 4 rings (SSSR count). The van der Waals surface area contributed by atoms with Crippen LogP contribution in [0.15, 0.2) is 5.16 Å². The Kier molecular flexibility index (Phi) is 4.28. The molecular weight excluding hydrogens is 357 g/mol. The fourth-order valence-electron chi connectivity index (χ4n) is 3.51. The first kappa shape index (κ1) is 17.2. The van der Waals surface area contributed by atoms with Crippen LogP contribution in [0.1, 0.15) is 36.7 Å². The monoisotopic (exact) mass is 374 g/mol. The molecule has 0 unspecified atom stereocenters. The summed E-state index contributed by atoms with van der Waals surface area (Å²) in [6.45, 7) is 2.20. The van der Waals surface area contributed by atoms with Gasteiger partial charge in [0.15, 0.2) is 16.6 Å². The zero-order valence-electron chi connectivity index (χ0n) is 13.5. The van der Waals surface area contributed by atoms with Crippen LogP contribution in [0.2, 0.25) is 0 Å². The number of ketones is 1. The Morgan fingerprint density at radius 2 is 2.04 bits per heavy atom. The van der Waals surface area contributed by atoms with Gasteiger partial charge in [-0.05, 0) is 25.2 Å². The Balaban J connectivity index is 1.65. The highest BCUT2D eigenvalue weighted by Gasteiger charge is 2.45. The highest BCUT2D eigenvalue weighted by molar-refractivity contribution is 7.99. The number of alkyl halides is 3. The topological polar surface area (TPSA) is 61.3 Å². The summed E-state index contributed by atoms with van der Waals surface area (Å²) in [5.74, 6) is 0.00159. The first-order valence-electron chi connectivity index (χ1n) is 8.24. The van der Waals surface area contributed by atoms with Gasteiger partial charge in [0.25, 0.3) is 0 Å². The van der Waals surface area contributed by atoms with Gasteiger partial charge in [-0.3, -0.25) is 4.79 Å². The van der Waals surface area contributed by atoms with Gasteiger partial charge in [-0.15, -0.1) is 0 Å². The molecule has 2 saturated heterocycles. The van der Waals surface area contributed by atoms with E-state index in [-0.39, 0.29) is 46.8 Å². The van der Waals surface area contributed by atoms with E-state index >= 15 is 0 Å². The maximum atomic E-state index is 13.5. The molecule has 0 N–H and O–H groups in total. The second-order valence-electron chi connectivity index (χ2n) is 6.79. The molecular formula is C16H17F3N2O3S. The molecule has 5 nitrogen and oxygen atoms in total. The van der Waals surface area contributed by atoms with Crippen molar-refractivity contribution >= 4 is 17.5 Å². The number of ether oxygens (including phenoxy) is 2. The van der Waals surface area contributed by atoms with E-state index in [0.717, 1.165) is 18.2 Å². The van der Waals surface area contributed by atoms with E-state index in [0.29, 0.717) is 18.5 Å².